The molecule has 0 saturated carbocycles. The highest BCUT2D eigenvalue weighted by molar-refractivity contribution is 6.10. The van der Waals surface area contributed by atoms with E-state index in [0.29, 0.717) is 30.2 Å². The average Bonchev–Trinajstić information content (AvgIpc) is 3.24. The van der Waals surface area contributed by atoms with Crippen molar-refractivity contribution in [3.05, 3.63) is 96.2 Å². The summed E-state index contributed by atoms with van der Waals surface area (Å²) in [6.45, 7) is 0.913. The van der Waals surface area contributed by atoms with Crippen LogP contribution in [-0.2, 0) is 0 Å². The second kappa shape index (κ2) is 9.29. The molecule has 1 atom stereocenters. The standard InChI is InChI=1S/C25H24N2O3/c1-29-22-13-7-8-14-23(22)30-16-15-26-24(18-9-3-2-4-10-18)25(28)20-17-27-21-12-6-5-11-19(20)21/h2-14,17,24,26-27H,15-16H2,1H3/t24-/m1/s1. The van der Waals surface area contributed by atoms with Gasteiger partial charge in [-0.25, -0.2) is 0 Å². The topological polar surface area (TPSA) is 63.4 Å². The van der Waals surface area contributed by atoms with Crippen LogP contribution < -0.4 is 14.8 Å². The second-order valence-electron chi connectivity index (χ2n) is 6.91. The summed E-state index contributed by atoms with van der Waals surface area (Å²) in [5, 5.41) is 4.29. The molecule has 4 aromatic rings. The van der Waals surface area contributed by atoms with Crippen molar-refractivity contribution in [2.75, 3.05) is 20.3 Å². The summed E-state index contributed by atoms with van der Waals surface area (Å²) in [6.07, 6.45) is 1.79. The van der Waals surface area contributed by atoms with Gasteiger partial charge >= 0.3 is 0 Å². The number of methoxy groups -OCH3 is 1. The van der Waals surface area contributed by atoms with E-state index < -0.39 is 6.04 Å². The minimum atomic E-state index is -0.466. The summed E-state index contributed by atoms with van der Waals surface area (Å²) in [4.78, 5) is 16.6. The third kappa shape index (κ3) is 4.21. The maximum absolute atomic E-state index is 13.4. The van der Waals surface area contributed by atoms with Crippen LogP contribution in [0.3, 0.4) is 0 Å². The number of aromatic nitrogens is 1. The summed E-state index contributed by atoms with van der Waals surface area (Å²) in [5.74, 6) is 1.39. The Morgan fingerprint density at radius 1 is 0.933 bits per heavy atom. The number of hydrogen-bond acceptors (Lipinski definition) is 4. The molecule has 1 heterocycles. The molecule has 0 saturated heterocycles. The van der Waals surface area contributed by atoms with Gasteiger partial charge in [-0.15, -0.1) is 0 Å². The average molecular weight is 400 g/mol. The van der Waals surface area contributed by atoms with Crippen LogP contribution in [0.5, 0.6) is 11.5 Å². The van der Waals surface area contributed by atoms with Gasteiger partial charge in [0.25, 0.3) is 0 Å². The highest BCUT2D eigenvalue weighted by Crippen LogP contribution is 2.26. The summed E-state index contributed by atoms with van der Waals surface area (Å²) in [5.41, 5.74) is 2.55. The Kier molecular flexibility index (Phi) is 6.11. The van der Waals surface area contributed by atoms with E-state index in [4.69, 9.17) is 9.47 Å². The fraction of sp³-hybridized carbons (Fsp3) is 0.160. The molecule has 0 radical (unpaired) electrons. The monoisotopic (exact) mass is 400 g/mol. The minimum Gasteiger partial charge on any atom is -0.493 e. The third-order valence-electron chi connectivity index (χ3n) is 5.03. The number of para-hydroxylation sites is 3. The number of Topliss-reactive ketones (excluding diaryl/α,β-unsaturated/α-hetero) is 1. The van der Waals surface area contributed by atoms with Crippen LogP contribution in [0.4, 0.5) is 0 Å². The fourth-order valence-corrected chi connectivity index (χ4v) is 3.54. The number of H-pyrrole nitrogens is 1. The molecule has 3 aromatic carbocycles. The Labute approximate surface area is 175 Å². The molecule has 1 aromatic heterocycles. The number of rotatable bonds is 9. The maximum Gasteiger partial charge on any atom is 0.186 e. The molecular weight excluding hydrogens is 376 g/mol. The number of carbonyl (C=O) groups excluding carboxylic acids is 1. The zero-order chi connectivity index (χ0) is 20.8. The number of hydrogen-bond donors (Lipinski definition) is 2. The maximum atomic E-state index is 13.4. The lowest BCUT2D eigenvalue weighted by Crippen LogP contribution is -2.32. The van der Waals surface area contributed by atoms with Crippen molar-refractivity contribution in [1.82, 2.24) is 10.3 Å². The predicted octanol–water partition coefficient (Wildman–Crippen LogP) is 4.77. The number of nitrogens with one attached hydrogen (secondary N) is 2. The molecule has 30 heavy (non-hydrogen) atoms. The van der Waals surface area contributed by atoms with Crippen LogP contribution in [0.1, 0.15) is 22.0 Å². The van der Waals surface area contributed by atoms with Crippen LogP contribution in [0.25, 0.3) is 10.9 Å². The lowest BCUT2D eigenvalue weighted by atomic mass is 9.97. The summed E-state index contributed by atoms with van der Waals surface area (Å²) in [7, 11) is 1.62. The minimum absolute atomic E-state index is 0.0240. The quantitative estimate of drug-likeness (QED) is 0.314. The van der Waals surface area contributed by atoms with Crippen molar-refractivity contribution in [3.63, 3.8) is 0 Å². The van der Waals surface area contributed by atoms with Crippen molar-refractivity contribution in [2.24, 2.45) is 0 Å². The van der Waals surface area contributed by atoms with Crippen molar-refractivity contribution in [3.8, 4) is 11.5 Å². The summed E-state index contributed by atoms with van der Waals surface area (Å²) in [6, 6.07) is 24.6. The number of benzene rings is 3. The van der Waals surface area contributed by atoms with E-state index in [1.807, 2.05) is 78.9 Å². The highest BCUT2D eigenvalue weighted by Gasteiger charge is 2.23. The van der Waals surface area contributed by atoms with Crippen molar-refractivity contribution in [2.45, 2.75) is 6.04 Å². The number of ketones is 1. The first kappa shape index (κ1) is 19.7. The van der Waals surface area contributed by atoms with Crippen LogP contribution in [0.15, 0.2) is 85.1 Å². The number of ether oxygens (including phenoxy) is 2. The van der Waals surface area contributed by atoms with Gasteiger partial charge in [-0.3, -0.25) is 4.79 Å². The number of carbonyl (C=O) groups is 1. The number of aromatic amines is 1. The normalized spacial score (nSPS) is 11.9. The molecule has 0 unspecified atom stereocenters. The molecule has 5 nitrogen and oxygen atoms in total. The first-order valence-corrected chi connectivity index (χ1v) is 9.92. The molecule has 0 fully saturated rings. The van der Waals surface area contributed by atoms with E-state index in [1.165, 1.54) is 0 Å². The van der Waals surface area contributed by atoms with Crippen LogP contribution in [-0.4, -0.2) is 31.0 Å². The SMILES string of the molecule is COc1ccccc1OCCN[C@@H](C(=O)c1c[nH]c2ccccc12)c1ccccc1. The van der Waals surface area contributed by atoms with Gasteiger partial charge in [-0.05, 0) is 23.8 Å². The fourth-order valence-electron chi connectivity index (χ4n) is 3.54. The molecule has 0 aliphatic heterocycles. The van der Waals surface area contributed by atoms with E-state index in [0.717, 1.165) is 16.5 Å². The second-order valence-corrected chi connectivity index (χ2v) is 6.91. The number of fused-ring (bicyclic) bond motifs is 1. The van der Waals surface area contributed by atoms with E-state index in [1.54, 1.807) is 13.3 Å². The van der Waals surface area contributed by atoms with Gasteiger partial charge in [-0.1, -0.05) is 60.7 Å². The Morgan fingerprint density at radius 3 is 2.43 bits per heavy atom. The zero-order valence-electron chi connectivity index (χ0n) is 16.8. The Morgan fingerprint density at radius 2 is 1.63 bits per heavy atom. The zero-order valence-corrected chi connectivity index (χ0v) is 16.8. The van der Waals surface area contributed by atoms with Gasteiger partial charge in [0, 0.05) is 29.2 Å². The Hall–Kier alpha value is -3.57. The van der Waals surface area contributed by atoms with Gasteiger partial charge in [0.1, 0.15) is 6.61 Å². The van der Waals surface area contributed by atoms with Crippen LogP contribution in [0, 0.1) is 0 Å². The molecule has 0 bridgehead atoms. The first-order chi connectivity index (χ1) is 14.8. The van der Waals surface area contributed by atoms with E-state index in [-0.39, 0.29) is 5.78 Å². The molecule has 2 N–H and O–H groups in total. The molecule has 5 heteroatoms. The summed E-state index contributed by atoms with van der Waals surface area (Å²) < 4.78 is 11.2. The largest absolute Gasteiger partial charge is 0.493 e. The molecule has 0 amide bonds. The Bertz CT molecular complexity index is 1120. The van der Waals surface area contributed by atoms with Crippen molar-refractivity contribution >= 4 is 16.7 Å². The third-order valence-corrected chi connectivity index (χ3v) is 5.03. The van der Waals surface area contributed by atoms with Gasteiger partial charge in [0.2, 0.25) is 0 Å². The van der Waals surface area contributed by atoms with E-state index in [9.17, 15) is 4.79 Å². The van der Waals surface area contributed by atoms with Gasteiger partial charge in [0.15, 0.2) is 17.3 Å². The van der Waals surface area contributed by atoms with Crippen molar-refractivity contribution in [1.29, 1.82) is 0 Å². The van der Waals surface area contributed by atoms with Gasteiger partial charge < -0.3 is 19.8 Å². The predicted molar refractivity (Wildman–Crippen MR) is 118 cm³/mol. The molecule has 4 rings (SSSR count). The first-order valence-electron chi connectivity index (χ1n) is 9.92. The molecule has 0 aliphatic rings. The Balaban J connectivity index is 1.50. The molecule has 0 spiro atoms. The molecule has 0 aliphatic carbocycles. The van der Waals surface area contributed by atoms with Crippen LogP contribution >= 0.6 is 0 Å². The van der Waals surface area contributed by atoms with E-state index >= 15 is 0 Å². The highest BCUT2D eigenvalue weighted by atomic mass is 16.5. The molecular formula is C25H24N2O3. The van der Waals surface area contributed by atoms with Gasteiger partial charge in [0.05, 0.1) is 13.2 Å². The van der Waals surface area contributed by atoms with E-state index in [2.05, 4.69) is 10.3 Å². The van der Waals surface area contributed by atoms with Crippen molar-refractivity contribution < 1.29 is 14.3 Å². The lowest BCUT2D eigenvalue weighted by Gasteiger charge is -2.18. The summed E-state index contributed by atoms with van der Waals surface area (Å²) >= 11 is 0. The molecule has 152 valence electrons. The van der Waals surface area contributed by atoms with Gasteiger partial charge in [-0.2, -0.15) is 0 Å². The van der Waals surface area contributed by atoms with Crippen LogP contribution in [0.2, 0.25) is 0 Å². The lowest BCUT2D eigenvalue weighted by molar-refractivity contribution is 0.0942. The smallest absolute Gasteiger partial charge is 0.186 e.